The lowest BCUT2D eigenvalue weighted by molar-refractivity contribution is -0.151. The van der Waals surface area contributed by atoms with Gasteiger partial charge >= 0.3 is 5.97 Å². The van der Waals surface area contributed by atoms with Crippen LogP contribution in [0.4, 0.5) is 5.69 Å². The molecule has 2 saturated heterocycles. The number of carbonyl (C=O) groups excluding carboxylic acids is 2. The molecule has 2 aromatic carbocycles. The standard InChI is InChI=1S/C27H31BrN2O5/c1-5-14(4)27(26(34)35)21-20(22(29-27)18-13-17(28)11-12-19(18)31)24(32)30(25(21)33)23-15(6-2)9-8-10-16(23)7-3/h8-14,20-22,29,31H,5-7H2,1-4H3,(H,34,35). The fraction of sp³-hybridized carbons (Fsp3) is 0.444. The minimum Gasteiger partial charge on any atom is -0.508 e. The first kappa shape index (κ1) is 25.4. The van der Waals surface area contributed by atoms with Crippen LogP contribution in [0.5, 0.6) is 5.75 Å². The first-order valence-corrected chi connectivity index (χ1v) is 12.9. The van der Waals surface area contributed by atoms with E-state index >= 15 is 0 Å². The van der Waals surface area contributed by atoms with Crippen molar-refractivity contribution in [2.45, 2.75) is 58.5 Å². The number of aliphatic carboxylic acids is 1. The van der Waals surface area contributed by atoms with Gasteiger partial charge in [0.2, 0.25) is 11.8 Å². The lowest BCUT2D eigenvalue weighted by Gasteiger charge is -2.36. The van der Waals surface area contributed by atoms with Gasteiger partial charge in [-0.05, 0) is 48.1 Å². The van der Waals surface area contributed by atoms with Gasteiger partial charge in [0.1, 0.15) is 11.3 Å². The van der Waals surface area contributed by atoms with E-state index < -0.39 is 47.1 Å². The van der Waals surface area contributed by atoms with Crippen molar-refractivity contribution in [1.82, 2.24) is 5.32 Å². The number of carboxylic acids is 1. The van der Waals surface area contributed by atoms with Gasteiger partial charge < -0.3 is 10.2 Å². The second-order valence-electron chi connectivity index (χ2n) is 9.46. The third-order valence-corrected chi connectivity index (χ3v) is 8.35. The van der Waals surface area contributed by atoms with Gasteiger partial charge in [0.05, 0.1) is 17.5 Å². The first-order chi connectivity index (χ1) is 16.6. The molecular formula is C27H31BrN2O5. The summed E-state index contributed by atoms with van der Waals surface area (Å²) in [6.45, 7) is 7.60. The molecule has 35 heavy (non-hydrogen) atoms. The van der Waals surface area contributed by atoms with Gasteiger partial charge in [-0.25, -0.2) is 4.90 Å². The van der Waals surface area contributed by atoms with Crippen LogP contribution >= 0.6 is 15.9 Å². The Morgan fingerprint density at radius 3 is 2.29 bits per heavy atom. The van der Waals surface area contributed by atoms with Crippen LogP contribution in [-0.4, -0.2) is 33.5 Å². The maximum Gasteiger partial charge on any atom is 0.325 e. The van der Waals surface area contributed by atoms with Crippen LogP contribution in [-0.2, 0) is 27.2 Å². The van der Waals surface area contributed by atoms with Crippen molar-refractivity contribution >= 4 is 39.4 Å². The second-order valence-corrected chi connectivity index (χ2v) is 10.4. The quantitative estimate of drug-likeness (QED) is 0.441. The number of aryl methyl sites for hydroxylation is 2. The number of nitrogens with one attached hydrogen (secondary N) is 1. The largest absolute Gasteiger partial charge is 0.508 e. The minimum atomic E-state index is -1.66. The van der Waals surface area contributed by atoms with Gasteiger partial charge in [-0.15, -0.1) is 0 Å². The third-order valence-electron chi connectivity index (χ3n) is 7.85. The lowest BCUT2D eigenvalue weighted by atomic mass is 9.72. The maximum absolute atomic E-state index is 14.1. The van der Waals surface area contributed by atoms with Crippen molar-refractivity contribution in [2.75, 3.05) is 4.90 Å². The molecule has 0 spiro atoms. The molecular weight excluding hydrogens is 512 g/mol. The monoisotopic (exact) mass is 542 g/mol. The van der Waals surface area contributed by atoms with Crippen molar-refractivity contribution in [3.63, 3.8) is 0 Å². The smallest absolute Gasteiger partial charge is 0.325 e. The molecule has 5 atom stereocenters. The predicted octanol–water partition coefficient (Wildman–Crippen LogP) is 4.60. The molecule has 0 aromatic heterocycles. The Hall–Kier alpha value is -2.71. The predicted molar refractivity (Wildman–Crippen MR) is 136 cm³/mol. The summed E-state index contributed by atoms with van der Waals surface area (Å²) in [5, 5.41) is 24.4. The summed E-state index contributed by atoms with van der Waals surface area (Å²) in [5.41, 5.74) is 1.04. The normalized spacial score (nSPS) is 26.8. The number of anilines is 1. The SMILES string of the molecule is CCc1cccc(CC)c1N1C(=O)C2C(c3cc(Br)ccc3O)NC(C(=O)O)(C(C)CC)C2C1=O. The van der Waals surface area contributed by atoms with Gasteiger partial charge in [0, 0.05) is 16.1 Å². The molecule has 2 fully saturated rings. The summed E-state index contributed by atoms with van der Waals surface area (Å²) < 4.78 is 0.679. The van der Waals surface area contributed by atoms with Crippen molar-refractivity contribution in [3.05, 3.63) is 57.6 Å². The van der Waals surface area contributed by atoms with E-state index in [1.807, 2.05) is 39.0 Å². The molecule has 2 aliphatic rings. The number of imide groups is 1. The van der Waals surface area contributed by atoms with Gasteiger partial charge in [0.25, 0.3) is 0 Å². The number of nitrogens with zero attached hydrogens (tertiary/aromatic N) is 1. The number of hydrogen-bond acceptors (Lipinski definition) is 5. The van der Waals surface area contributed by atoms with Crippen molar-refractivity contribution in [2.24, 2.45) is 17.8 Å². The highest BCUT2D eigenvalue weighted by molar-refractivity contribution is 9.10. The van der Waals surface area contributed by atoms with Crippen molar-refractivity contribution in [3.8, 4) is 5.75 Å². The highest BCUT2D eigenvalue weighted by Crippen LogP contribution is 2.54. The van der Waals surface area contributed by atoms with E-state index in [2.05, 4.69) is 21.2 Å². The zero-order chi connectivity index (χ0) is 25.7. The summed E-state index contributed by atoms with van der Waals surface area (Å²) in [4.78, 5) is 42.4. The van der Waals surface area contributed by atoms with E-state index in [0.29, 0.717) is 35.0 Å². The summed E-state index contributed by atoms with van der Waals surface area (Å²) in [7, 11) is 0. The summed E-state index contributed by atoms with van der Waals surface area (Å²) >= 11 is 3.41. The number of fused-ring (bicyclic) bond motifs is 1. The molecule has 2 aliphatic heterocycles. The average Bonchev–Trinajstić information content (AvgIpc) is 3.33. The number of carboxylic acid groups (broad SMARTS) is 1. The van der Waals surface area contributed by atoms with Crippen molar-refractivity contribution in [1.29, 1.82) is 0 Å². The Kier molecular flexibility index (Phi) is 6.81. The lowest BCUT2D eigenvalue weighted by Crippen LogP contribution is -2.59. The number of halogens is 1. The van der Waals surface area contributed by atoms with Gasteiger partial charge in [-0.2, -0.15) is 0 Å². The number of phenols is 1. The Morgan fingerprint density at radius 2 is 1.74 bits per heavy atom. The van der Waals surface area contributed by atoms with Gasteiger partial charge in [0.15, 0.2) is 0 Å². The number of carbonyl (C=O) groups is 3. The molecule has 3 N–H and O–H groups in total. The molecule has 0 radical (unpaired) electrons. The van der Waals surface area contributed by atoms with E-state index in [9.17, 15) is 24.6 Å². The van der Waals surface area contributed by atoms with Crippen LogP contribution in [0.3, 0.4) is 0 Å². The summed E-state index contributed by atoms with van der Waals surface area (Å²) in [6, 6.07) is 9.72. The van der Waals surface area contributed by atoms with Crippen LogP contribution < -0.4 is 10.2 Å². The molecule has 5 unspecified atom stereocenters. The van der Waals surface area contributed by atoms with E-state index in [0.717, 1.165) is 11.1 Å². The molecule has 4 rings (SSSR count). The Balaban J connectivity index is 1.97. The average molecular weight is 543 g/mol. The number of benzene rings is 2. The molecule has 0 saturated carbocycles. The molecule has 8 heteroatoms. The second kappa shape index (κ2) is 9.39. The first-order valence-electron chi connectivity index (χ1n) is 12.1. The van der Waals surface area contributed by atoms with Crippen LogP contribution in [0.2, 0.25) is 0 Å². The number of hydrogen-bond donors (Lipinski definition) is 3. The fourth-order valence-corrected chi connectivity index (χ4v) is 6.27. The maximum atomic E-state index is 14.1. The van der Waals surface area contributed by atoms with Crippen LogP contribution in [0.25, 0.3) is 0 Å². The molecule has 2 aromatic rings. The molecule has 2 heterocycles. The van der Waals surface area contributed by atoms with Crippen LogP contribution in [0.1, 0.15) is 56.8 Å². The summed E-state index contributed by atoms with van der Waals surface area (Å²) in [5.74, 6) is -4.68. The molecule has 186 valence electrons. The zero-order valence-electron chi connectivity index (χ0n) is 20.3. The number of para-hydroxylation sites is 1. The van der Waals surface area contributed by atoms with E-state index in [1.54, 1.807) is 19.1 Å². The number of aromatic hydroxyl groups is 1. The van der Waals surface area contributed by atoms with Crippen LogP contribution in [0, 0.1) is 17.8 Å². The zero-order valence-corrected chi connectivity index (χ0v) is 21.9. The third kappa shape index (κ3) is 3.69. The summed E-state index contributed by atoms with van der Waals surface area (Å²) in [6.07, 6.45) is 1.74. The Labute approximate surface area is 213 Å². The Bertz CT molecular complexity index is 1180. The van der Waals surface area contributed by atoms with E-state index in [4.69, 9.17) is 0 Å². The highest BCUT2D eigenvalue weighted by Gasteiger charge is 2.70. The van der Waals surface area contributed by atoms with Crippen molar-refractivity contribution < 1.29 is 24.6 Å². The molecule has 7 nitrogen and oxygen atoms in total. The topological polar surface area (TPSA) is 107 Å². The van der Waals surface area contributed by atoms with Gasteiger partial charge in [-0.3, -0.25) is 19.7 Å². The molecule has 2 amide bonds. The number of phenolic OH excluding ortho intramolecular Hbond substituents is 1. The van der Waals surface area contributed by atoms with Gasteiger partial charge in [-0.1, -0.05) is 68.2 Å². The number of rotatable bonds is 7. The Morgan fingerprint density at radius 1 is 1.11 bits per heavy atom. The molecule has 0 aliphatic carbocycles. The van der Waals surface area contributed by atoms with Crippen LogP contribution in [0.15, 0.2) is 40.9 Å². The van der Waals surface area contributed by atoms with E-state index in [-0.39, 0.29) is 5.75 Å². The molecule has 0 bridgehead atoms. The number of amides is 2. The highest BCUT2D eigenvalue weighted by atomic mass is 79.9. The van der Waals surface area contributed by atoms with E-state index in [1.165, 1.54) is 11.0 Å². The minimum absolute atomic E-state index is 0.0586. The fourth-order valence-electron chi connectivity index (χ4n) is 5.89.